The lowest BCUT2D eigenvalue weighted by Gasteiger charge is -2.20. The molecular weight excluding hydrogens is 480 g/mol. The summed E-state index contributed by atoms with van der Waals surface area (Å²) in [5.41, 5.74) is 4.62. The van der Waals surface area contributed by atoms with Crippen molar-refractivity contribution in [3.8, 4) is 0 Å². The first-order chi connectivity index (χ1) is 13.3. The molecule has 1 saturated carbocycles. The maximum Gasteiger partial charge on any atom is 0.191 e. The molecule has 0 bridgehead atoms. The highest BCUT2D eigenvalue weighted by molar-refractivity contribution is 14.0. The minimum atomic E-state index is -0.173. The molecule has 5 nitrogen and oxygen atoms in total. The van der Waals surface area contributed by atoms with Gasteiger partial charge in [0.2, 0.25) is 0 Å². The van der Waals surface area contributed by atoms with E-state index in [0.29, 0.717) is 6.54 Å². The Morgan fingerprint density at radius 3 is 2.62 bits per heavy atom. The van der Waals surface area contributed by atoms with Crippen molar-refractivity contribution in [2.75, 3.05) is 13.1 Å². The number of nitrogens with one attached hydrogen (secondary N) is 2. The molecule has 0 saturated heterocycles. The van der Waals surface area contributed by atoms with Crippen molar-refractivity contribution < 1.29 is 4.39 Å². The first-order valence-electron chi connectivity index (χ1n) is 10.1. The largest absolute Gasteiger partial charge is 0.357 e. The number of halogens is 2. The molecule has 1 aromatic heterocycles. The van der Waals surface area contributed by atoms with E-state index in [1.807, 2.05) is 17.8 Å². The number of hydrogen-bond donors (Lipinski definition) is 2. The average molecular weight is 513 g/mol. The Balaban J connectivity index is 0.00000300. The summed E-state index contributed by atoms with van der Waals surface area (Å²) in [7, 11) is 1.98. The number of rotatable bonds is 7. The topological polar surface area (TPSA) is 54.2 Å². The molecule has 160 valence electrons. The molecule has 0 amide bonds. The molecule has 0 spiro atoms. The van der Waals surface area contributed by atoms with Crippen LogP contribution in [-0.4, -0.2) is 34.9 Å². The fraction of sp³-hybridized carbons (Fsp3) is 0.545. The molecule has 1 aliphatic carbocycles. The van der Waals surface area contributed by atoms with Crippen LogP contribution in [0.3, 0.4) is 0 Å². The van der Waals surface area contributed by atoms with Crippen LogP contribution >= 0.6 is 24.0 Å². The first-order valence-corrected chi connectivity index (χ1v) is 10.1. The van der Waals surface area contributed by atoms with Crippen LogP contribution in [0.4, 0.5) is 4.39 Å². The van der Waals surface area contributed by atoms with Crippen molar-refractivity contribution >= 4 is 29.9 Å². The van der Waals surface area contributed by atoms with Crippen LogP contribution in [0.2, 0.25) is 0 Å². The lowest BCUT2D eigenvalue weighted by Crippen LogP contribution is -2.43. The van der Waals surface area contributed by atoms with Crippen LogP contribution in [-0.2, 0) is 18.9 Å². The van der Waals surface area contributed by atoms with Crippen molar-refractivity contribution in [3.05, 3.63) is 52.6 Å². The third-order valence-electron chi connectivity index (χ3n) is 5.73. The van der Waals surface area contributed by atoms with Gasteiger partial charge in [-0.2, -0.15) is 5.10 Å². The molecule has 0 radical (unpaired) electrons. The van der Waals surface area contributed by atoms with E-state index in [0.717, 1.165) is 43.0 Å². The number of nitrogens with zero attached hydrogens (tertiary/aromatic N) is 3. The summed E-state index contributed by atoms with van der Waals surface area (Å²) in [6, 6.07) is 7.18. The van der Waals surface area contributed by atoms with Gasteiger partial charge in [0.05, 0.1) is 12.2 Å². The van der Waals surface area contributed by atoms with E-state index in [1.165, 1.54) is 17.3 Å². The third kappa shape index (κ3) is 5.71. The van der Waals surface area contributed by atoms with Crippen molar-refractivity contribution in [2.24, 2.45) is 12.0 Å². The van der Waals surface area contributed by atoms with Crippen LogP contribution < -0.4 is 10.6 Å². The van der Waals surface area contributed by atoms with Gasteiger partial charge in [0.25, 0.3) is 0 Å². The smallest absolute Gasteiger partial charge is 0.191 e. The van der Waals surface area contributed by atoms with Gasteiger partial charge in [-0.15, -0.1) is 24.0 Å². The zero-order valence-corrected chi connectivity index (χ0v) is 20.4. The number of aliphatic imine (C=N–C) groups is 1. The summed E-state index contributed by atoms with van der Waals surface area (Å²) >= 11 is 0. The van der Waals surface area contributed by atoms with Gasteiger partial charge in [-0.1, -0.05) is 12.1 Å². The van der Waals surface area contributed by atoms with E-state index >= 15 is 0 Å². The summed E-state index contributed by atoms with van der Waals surface area (Å²) in [5, 5.41) is 11.4. The van der Waals surface area contributed by atoms with Crippen LogP contribution in [0.15, 0.2) is 29.3 Å². The molecular formula is C22H33FIN5. The zero-order valence-electron chi connectivity index (χ0n) is 18.1. The second kappa shape index (κ2) is 9.91. The maximum absolute atomic E-state index is 13.6. The van der Waals surface area contributed by atoms with E-state index in [1.54, 1.807) is 12.1 Å². The molecule has 1 aliphatic rings. The number of guanidine groups is 1. The molecule has 1 heterocycles. The zero-order chi connectivity index (χ0) is 20.3. The standard InChI is InChI=1S/C22H32FN5.HI/c1-6-24-21(26-15(2)12-20-16(3)27-28(5)17(20)4)25-14-22(10-11-22)18-8-7-9-19(23)13-18;/h7-9,13,15H,6,10-12,14H2,1-5H3,(H2,24,25,26);1H. The van der Waals surface area contributed by atoms with Crippen LogP contribution in [0.5, 0.6) is 0 Å². The highest BCUT2D eigenvalue weighted by Crippen LogP contribution is 2.48. The van der Waals surface area contributed by atoms with Gasteiger partial charge >= 0.3 is 0 Å². The van der Waals surface area contributed by atoms with Gasteiger partial charge in [-0.25, -0.2) is 4.39 Å². The summed E-state index contributed by atoms with van der Waals surface area (Å²) < 4.78 is 15.6. The SMILES string of the molecule is CCNC(=NCC1(c2cccc(F)c2)CC1)NC(C)Cc1c(C)nn(C)c1C.I. The molecule has 0 aliphatic heterocycles. The molecule has 1 atom stereocenters. The maximum atomic E-state index is 13.6. The molecule has 1 fully saturated rings. The fourth-order valence-corrected chi connectivity index (χ4v) is 3.76. The van der Waals surface area contributed by atoms with Crippen molar-refractivity contribution in [2.45, 2.75) is 58.4 Å². The molecule has 1 aromatic carbocycles. The van der Waals surface area contributed by atoms with Crippen LogP contribution in [0.1, 0.15) is 49.2 Å². The van der Waals surface area contributed by atoms with Crippen molar-refractivity contribution in [3.63, 3.8) is 0 Å². The van der Waals surface area contributed by atoms with Gasteiger partial charge in [-0.05, 0) is 70.2 Å². The Kier molecular flexibility index (Phi) is 8.08. The highest BCUT2D eigenvalue weighted by atomic mass is 127. The van der Waals surface area contributed by atoms with E-state index in [-0.39, 0.29) is 41.3 Å². The summed E-state index contributed by atoms with van der Waals surface area (Å²) in [6.07, 6.45) is 3.01. The Bertz CT molecular complexity index is 857. The monoisotopic (exact) mass is 513 g/mol. The number of hydrogen-bond acceptors (Lipinski definition) is 2. The quantitative estimate of drug-likeness (QED) is 0.334. The Hall–Kier alpha value is -1.64. The predicted molar refractivity (Wildman–Crippen MR) is 128 cm³/mol. The van der Waals surface area contributed by atoms with Crippen LogP contribution in [0.25, 0.3) is 0 Å². The molecule has 2 aromatic rings. The van der Waals surface area contributed by atoms with Crippen LogP contribution in [0, 0.1) is 19.7 Å². The summed E-state index contributed by atoms with van der Waals surface area (Å²) in [6.45, 7) is 9.87. The second-order valence-electron chi connectivity index (χ2n) is 8.01. The average Bonchev–Trinajstić information content (AvgIpc) is 3.40. The molecule has 29 heavy (non-hydrogen) atoms. The Labute approximate surface area is 190 Å². The van der Waals surface area contributed by atoms with Gasteiger partial charge in [0, 0.05) is 30.7 Å². The predicted octanol–water partition coefficient (Wildman–Crippen LogP) is 4.01. The Morgan fingerprint density at radius 1 is 1.34 bits per heavy atom. The van der Waals surface area contributed by atoms with Crippen molar-refractivity contribution in [1.82, 2.24) is 20.4 Å². The minimum Gasteiger partial charge on any atom is -0.357 e. The number of benzene rings is 1. The summed E-state index contributed by atoms with van der Waals surface area (Å²) in [5.74, 6) is 0.644. The van der Waals surface area contributed by atoms with E-state index in [9.17, 15) is 4.39 Å². The number of aromatic nitrogens is 2. The third-order valence-corrected chi connectivity index (χ3v) is 5.73. The number of aryl methyl sites for hydroxylation is 2. The van der Waals surface area contributed by atoms with Crippen molar-refractivity contribution in [1.29, 1.82) is 0 Å². The lowest BCUT2D eigenvalue weighted by molar-refractivity contribution is 0.612. The van der Waals surface area contributed by atoms with Gasteiger partial charge in [0.1, 0.15) is 5.82 Å². The molecule has 7 heteroatoms. The first kappa shape index (κ1) is 23.6. The minimum absolute atomic E-state index is 0. The second-order valence-corrected chi connectivity index (χ2v) is 8.01. The van der Waals surface area contributed by atoms with E-state index < -0.39 is 0 Å². The van der Waals surface area contributed by atoms with Gasteiger partial charge < -0.3 is 10.6 Å². The van der Waals surface area contributed by atoms with E-state index in [2.05, 4.69) is 43.4 Å². The fourth-order valence-electron chi connectivity index (χ4n) is 3.76. The van der Waals surface area contributed by atoms with Gasteiger partial charge in [0.15, 0.2) is 5.96 Å². The molecule has 3 rings (SSSR count). The molecule has 1 unspecified atom stereocenters. The summed E-state index contributed by atoms with van der Waals surface area (Å²) in [4.78, 5) is 4.84. The lowest BCUT2D eigenvalue weighted by atomic mass is 9.96. The highest BCUT2D eigenvalue weighted by Gasteiger charge is 2.44. The van der Waals surface area contributed by atoms with E-state index in [4.69, 9.17) is 4.99 Å². The normalized spacial score (nSPS) is 16.1. The van der Waals surface area contributed by atoms with Gasteiger partial charge in [-0.3, -0.25) is 9.67 Å². The molecule has 2 N–H and O–H groups in total. The Morgan fingerprint density at radius 2 is 2.07 bits per heavy atom.